The Balaban J connectivity index is 2.37. The lowest BCUT2D eigenvalue weighted by Crippen LogP contribution is -2.50. The van der Waals surface area contributed by atoms with Crippen molar-refractivity contribution in [1.82, 2.24) is 10.2 Å². The lowest BCUT2D eigenvalue weighted by molar-refractivity contribution is -0.140. The second kappa shape index (κ2) is 13.1. The summed E-state index contributed by atoms with van der Waals surface area (Å²) in [4.78, 5) is 26.8. The molecule has 0 aliphatic heterocycles. The number of unbranched alkanes of at least 4 members (excludes halogenated alkanes) is 2. The van der Waals surface area contributed by atoms with Gasteiger partial charge in [-0.2, -0.15) is 0 Å². The summed E-state index contributed by atoms with van der Waals surface area (Å²) < 4.78 is 0. The van der Waals surface area contributed by atoms with E-state index in [1.165, 1.54) is 32.1 Å². The Morgan fingerprint density at radius 3 is 2.38 bits per heavy atom. The number of carbonyl (C=O) groups is 2. The molecule has 0 aromatic rings. The predicted octanol–water partition coefficient (Wildman–Crippen LogP) is 3.47. The lowest BCUT2D eigenvalue weighted by Gasteiger charge is -2.30. The van der Waals surface area contributed by atoms with E-state index < -0.39 is 0 Å². The molecule has 1 rings (SSSR count). The van der Waals surface area contributed by atoms with E-state index in [0.29, 0.717) is 19.5 Å². The number of hydrogen-bond donors (Lipinski definition) is 2. The SMILES string of the molecule is CC(C)C(C(=O)NCCCCCN)N(C)C(=O)CCCC1CCCCC1. The molecule has 0 aromatic heterocycles. The van der Waals surface area contributed by atoms with Gasteiger partial charge < -0.3 is 16.0 Å². The number of carbonyl (C=O) groups excluding carboxylic acids is 2. The van der Waals surface area contributed by atoms with Crippen molar-refractivity contribution in [3.05, 3.63) is 0 Å². The molecule has 0 radical (unpaired) electrons. The molecule has 1 aliphatic carbocycles. The zero-order chi connectivity index (χ0) is 19.4. The van der Waals surface area contributed by atoms with Gasteiger partial charge in [0, 0.05) is 20.0 Å². The van der Waals surface area contributed by atoms with Crippen molar-refractivity contribution in [3.63, 3.8) is 0 Å². The van der Waals surface area contributed by atoms with Gasteiger partial charge in [0.25, 0.3) is 0 Å². The van der Waals surface area contributed by atoms with Crippen molar-refractivity contribution in [3.8, 4) is 0 Å². The van der Waals surface area contributed by atoms with Crippen LogP contribution in [0.2, 0.25) is 0 Å². The number of nitrogens with zero attached hydrogens (tertiary/aromatic N) is 1. The zero-order valence-electron chi connectivity index (χ0n) is 17.3. The minimum atomic E-state index is -0.383. The molecule has 0 aromatic carbocycles. The van der Waals surface area contributed by atoms with Gasteiger partial charge in [0.2, 0.25) is 11.8 Å². The Morgan fingerprint density at radius 1 is 1.08 bits per heavy atom. The summed E-state index contributed by atoms with van der Waals surface area (Å²) in [5.41, 5.74) is 5.49. The summed E-state index contributed by atoms with van der Waals surface area (Å²) in [5.74, 6) is 0.972. The summed E-state index contributed by atoms with van der Waals surface area (Å²) in [6.45, 7) is 5.36. The van der Waals surface area contributed by atoms with E-state index in [-0.39, 0.29) is 23.8 Å². The van der Waals surface area contributed by atoms with Crippen LogP contribution in [0, 0.1) is 11.8 Å². The zero-order valence-corrected chi connectivity index (χ0v) is 17.3. The van der Waals surface area contributed by atoms with Gasteiger partial charge in [-0.1, -0.05) is 52.4 Å². The molecule has 5 heteroatoms. The molecule has 26 heavy (non-hydrogen) atoms. The van der Waals surface area contributed by atoms with Crippen LogP contribution in [0.25, 0.3) is 0 Å². The van der Waals surface area contributed by atoms with Crippen LogP contribution in [-0.4, -0.2) is 42.9 Å². The third kappa shape index (κ3) is 8.52. The number of nitrogens with two attached hydrogens (primary N) is 1. The predicted molar refractivity (Wildman–Crippen MR) is 108 cm³/mol. The topological polar surface area (TPSA) is 75.4 Å². The van der Waals surface area contributed by atoms with Gasteiger partial charge in [-0.05, 0) is 44.1 Å². The van der Waals surface area contributed by atoms with Gasteiger partial charge in [0.05, 0.1) is 0 Å². The maximum absolute atomic E-state index is 12.6. The fraction of sp³-hybridized carbons (Fsp3) is 0.905. The van der Waals surface area contributed by atoms with E-state index in [2.05, 4.69) is 5.32 Å². The summed E-state index contributed by atoms with van der Waals surface area (Å²) in [7, 11) is 1.78. The quantitative estimate of drug-likeness (QED) is 0.519. The highest BCUT2D eigenvalue weighted by Crippen LogP contribution is 2.27. The Labute approximate surface area is 160 Å². The first-order chi connectivity index (χ1) is 12.5. The number of amides is 2. The highest BCUT2D eigenvalue weighted by molar-refractivity contribution is 5.87. The van der Waals surface area contributed by atoms with Crippen LogP contribution < -0.4 is 11.1 Å². The van der Waals surface area contributed by atoms with Crippen molar-refractivity contribution >= 4 is 11.8 Å². The molecule has 152 valence electrons. The molecular weight excluding hydrogens is 326 g/mol. The monoisotopic (exact) mass is 367 g/mol. The largest absolute Gasteiger partial charge is 0.354 e. The van der Waals surface area contributed by atoms with Gasteiger partial charge in [-0.25, -0.2) is 0 Å². The molecule has 1 fully saturated rings. The minimum absolute atomic E-state index is 0.0316. The third-order valence-corrected chi connectivity index (χ3v) is 5.62. The highest BCUT2D eigenvalue weighted by Gasteiger charge is 2.29. The van der Waals surface area contributed by atoms with Crippen LogP contribution >= 0.6 is 0 Å². The van der Waals surface area contributed by atoms with E-state index in [4.69, 9.17) is 5.73 Å². The Kier molecular flexibility index (Phi) is 11.6. The molecule has 1 atom stereocenters. The van der Waals surface area contributed by atoms with E-state index >= 15 is 0 Å². The smallest absolute Gasteiger partial charge is 0.243 e. The van der Waals surface area contributed by atoms with Crippen LogP contribution in [0.15, 0.2) is 0 Å². The van der Waals surface area contributed by atoms with Crippen LogP contribution in [0.5, 0.6) is 0 Å². The number of likely N-dealkylation sites (N-methyl/N-ethyl adjacent to an activating group) is 1. The standard InChI is InChI=1S/C21H41N3O2/c1-17(2)20(21(26)23-16-9-5-8-15-22)24(3)19(25)14-10-13-18-11-6-4-7-12-18/h17-18,20H,4-16,22H2,1-3H3,(H,23,26). The number of nitrogens with one attached hydrogen (secondary N) is 1. The number of rotatable bonds is 12. The van der Waals surface area contributed by atoms with Crippen LogP contribution in [0.4, 0.5) is 0 Å². The molecule has 1 unspecified atom stereocenters. The summed E-state index contributed by atoms with van der Waals surface area (Å²) in [5, 5.41) is 2.99. The molecule has 1 aliphatic rings. The van der Waals surface area contributed by atoms with E-state index in [0.717, 1.165) is 38.0 Å². The molecule has 1 saturated carbocycles. The molecule has 0 saturated heterocycles. The van der Waals surface area contributed by atoms with Gasteiger partial charge in [0.15, 0.2) is 0 Å². The van der Waals surface area contributed by atoms with Crippen LogP contribution in [0.1, 0.15) is 84.5 Å². The number of hydrogen-bond acceptors (Lipinski definition) is 3. The fourth-order valence-electron chi connectivity index (χ4n) is 4.04. The molecule has 0 bridgehead atoms. The van der Waals surface area contributed by atoms with E-state index in [9.17, 15) is 9.59 Å². The van der Waals surface area contributed by atoms with Crippen molar-refractivity contribution in [2.45, 2.75) is 90.5 Å². The first-order valence-corrected chi connectivity index (χ1v) is 10.7. The molecule has 2 amide bonds. The normalized spacial score (nSPS) is 16.5. The first-order valence-electron chi connectivity index (χ1n) is 10.7. The summed E-state index contributed by atoms with van der Waals surface area (Å²) in [6.07, 6.45) is 12.3. The second-order valence-electron chi connectivity index (χ2n) is 8.23. The Morgan fingerprint density at radius 2 is 1.77 bits per heavy atom. The summed E-state index contributed by atoms with van der Waals surface area (Å²) in [6, 6.07) is -0.383. The average Bonchev–Trinajstić information content (AvgIpc) is 2.62. The second-order valence-corrected chi connectivity index (χ2v) is 8.23. The molecule has 5 nitrogen and oxygen atoms in total. The molecular formula is C21H41N3O2. The van der Waals surface area contributed by atoms with Gasteiger partial charge in [-0.3, -0.25) is 9.59 Å². The van der Waals surface area contributed by atoms with E-state index in [1.807, 2.05) is 13.8 Å². The summed E-state index contributed by atoms with van der Waals surface area (Å²) >= 11 is 0. The average molecular weight is 368 g/mol. The first kappa shape index (κ1) is 22.9. The van der Waals surface area contributed by atoms with Crippen molar-refractivity contribution in [2.75, 3.05) is 20.1 Å². The van der Waals surface area contributed by atoms with Crippen molar-refractivity contribution in [2.24, 2.45) is 17.6 Å². The van der Waals surface area contributed by atoms with Gasteiger partial charge in [-0.15, -0.1) is 0 Å². The maximum Gasteiger partial charge on any atom is 0.243 e. The molecule has 0 spiro atoms. The van der Waals surface area contributed by atoms with Crippen molar-refractivity contribution in [1.29, 1.82) is 0 Å². The van der Waals surface area contributed by atoms with E-state index in [1.54, 1.807) is 11.9 Å². The minimum Gasteiger partial charge on any atom is -0.354 e. The Hall–Kier alpha value is -1.10. The van der Waals surface area contributed by atoms with Crippen LogP contribution in [-0.2, 0) is 9.59 Å². The highest BCUT2D eigenvalue weighted by atomic mass is 16.2. The maximum atomic E-state index is 12.6. The Bertz CT molecular complexity index is 406. The fourth-order valence-corrected chi connectivity index (χ4v) is 4.04. The van der Waals surface area contributed by atoms with Gasteiger partial charge in [0.1, 0.15) is 6.04 Å². The lowest BCUT2D eigenvalue weighted by atomic mass is 9.86. The third-order valence-electron chi connectivity index (χ3n) is 5.62. The van der Waals surface area contributed by atoms with Crippen LogP contribution in [0.3, 0.4) is 0 Å². The molecule has 3 N–H and O–H groups in total. The van der Waals surface area contributed by atoms with Gasteiger partial charge >= 0.3 is 0 Å². The molecule has 0 heterocycles. The van der Waals surface area contributed by atoms with Crippen molar-refractivity contribution < 1.29 is 9.59 Å².